The number of carbonyl (C=O) groups excluding carboxylic acids is 1. The molecule has 3 nitrogen and oxygen atoms in total. The summed E-state index contributed by atoms with van der Waals surface area (Å²) in [6, 6.07) is 15.7. The number of hydrogen-bond donors (Lipinski definition) is 1. The first-order valence-corrected chi connectivity index (χ1v) is 6.98. The fraction of sp³-hybridized carbons (Fsp3) is 0.235. The summed E-state index contributed by atoms with van der Waals surface area (Å²) in [4.78, 5) is 14.6. The summed E-state index contributed by atoms with van der Waals surface area (Å²) in [5.41, 5.74) is 9.64. The Morgan fingerprint density at radius 3 is 2.85 bits per heavy atom. The fourth-order valence-electron chi connectivity index (χ4n) is 2.73. The van der Waals surface area contributed by atoms with Gasteiger partial charge in [0.2, 0.25) is 0 Å². The van der Waals surface area contributed by atoms with Gasteiger partial charge in [0.1, 0.15) is 0 Å². The number of hydrogen-bond acceptors (Lipinski definition) is 2. The maximum Gasteiger partial charge on any atom is 0.258 e. The molecule has 102 valence electrons. The molecule has 1 aliphatic heterocycles. The zero-order valence-corrected chi connectivity index (χ0v) is 11.4. The summed E-state index contributed by atoms with van der Waals surface area (Å²) in [6.45, 7) is 1.24. The van der Waals surface area contributed by atoms with Gasteiger partial charge in [-0.25, -0.2) is 0 Å². The van der Waals surface area contributed by atoms with Crippen molar-refractivity contribution in [2.75, 3.05) is 11.4 Å². The van der Waals surface area contributed by atoms with Crippen LogP contribution in [0, 0.1) is 0 Å². The molecule has 0 aliphatic carbocycles. The molecule has 0 spiro atoms. The number of aryl methyl sites for hydroxylation is 1. The van der Waals surface area contributed by atoms with E-state index >= 15 is 0 Å². The number of rotatable bonds is 2. The standard InChI is InChI=1S/C17H18N2O/c18-12-13-5-3-7-15(11-13)17(20)19-10-4-8-14-6-1-2-9-16(14)19/h1-3,5-7,9,11H,4,8,10,12,18H2. The normalized spacial score (nSPS) is 13.9. The van der Waals surface area contributed by atoms with Crippen LogP contribution in [0.15, 0.2) is 48.5 Å². The minimum atomic E-state index is 0.0625. The molecule has 2 aromatic rings. The lowest BCUT2D eigenvalue weighted by atomic mass is 10.0. The Balaban J connectivity index is 1.95. The van der Waals surface area contributed by atoms with Crippen LogP contribution in [0.1, 0.15) is 27.9 Å². The Kier molecular flexibility index (Phi) is 3.52. The molecule has 2 aromatic carbocycles. The summed E-state index contributed by atoms with van der Waals surface area (Å²) in [7, 11) is 0. The van der Waals surface area contributed by atoms with Gasteiger partial charge >= 0.3 is 0 Å². The summed E-state index contributed by atoms with van der Waals surface area (Å²) >= 11 is 0. The van der Waals surface area contributed by atoms with Gasteiger partial charge in [0.05, 0.1) is 0 Å². The number of benzene rings is 2. The molecule has 0 bridgehead atoms. The monoisotopic (exact) mass is 266 g/mol. The molecule has 2 N–H and O–H groups in total. The van der Waals surface area contributed by atoms with Gasteiger partial charge in [-0.1, -0.05) is 30.3 Å². The molecule has 1 heterocycles. The molecular formula is C17H18N2O. The van der Waals surface area contributed by atoms with Crippen molar-refractivity contribution in [3.8, 4) is 0 Å². The van der Waals surface area contributed by atoms with Gasteiger partial charge in [-0.3, -0.25) is 4.79 Å². The third-order valence-electron chi connectivity index (χ3n) is 3.77. The first-order valence-electron chi connectivity index (χ1n) is 6.98. The molecular weight excluding hydrogens is 248 g/mol. The minimum Gasteiger partial charge on any atom is -0.326 e. The van der Waals surface area contributed by atoms with Crippen LogP contribution < -0.4 is 10.6 Å². The molecule has 0 unspecified atom stereocenters. The van der Waals surface area contributed by atoms with Crippen LogP contribution in [-0.4, -0.2) is 12.5 Å². The van der Waals surface area contributed by atoms with Crippen LogP contribution in [0.2, 0.25) is 0 Å². The molecule has 20 heavy (non-hydrogen) atoms. The largest absolute Gasteiger partial charge is 0.326 e. The third-order valence-corrected chi connectivity index (χ3v) is 3.77. The van der Waals surface area contributed by atoms with E-state index in [0.717, 1.165) is 30.6 Å². The lowest BCUT2D eigenvalue weighted by molar-refractivity contribution is 0.0985. The Bertz CT molecular complexity index is 636. The predicted octanol–water partition coefficient (Wildman–Crippen LogP) is 2.74. The highest BCUT2D eigenvalue weighted by atomic mass is 16.2. The average Bonchev–Trinajstić information content (AvgIpc) is 2.53. The molecule has 0 saturated carbocycles. The first kappa shape index (κ1) is 12.9. The second kappa shape index (κ2) is 5.47. The van der Waals surface area contributed by atoms with E-state index in [0.29, 0.717) is 12.1 Å². The SMILES string of the molecule is NCc1cccc(C(=O)N2CCCc3ccccc32)c1. The molecule has 1 aliphatic rings. The number of anilines is 1. The van der Waals surface area contributed by atoms with Crippen molar-refractivity contribution in [3.63, 3.8) is 0 Å². The van der Waals surface area contributed by atoms with Gasteiger partial charge in [-0.2, -0.15) is 0 Å². The topological polar surface area (TPSA) is 46.3 Å². The summed E-state index contributed by atoms with van der Waals surface area (Å²) in [6.07, 6.45) is 2.06. The number of nitrogens with zero attached hydrogens (tertiary/aromatic N) is 1. The van der Waals surface area contributed by atoms with Crippen LogP contribution in [0.25, 0.3) is 0 Å². The Labute approximate surface area is 119 Å². The lowest BCUT2D eigenvalue weighted by Crippen LogP contribution is -2.35. The van der Waals surface area contributed by atoms with E-state index in [2.05, 4.69) is 6.07 Å². The van der Waals surface area contributed by atoms with E-state index in [-0.39, 0.29) is 5.91 Å². The van der Waals surface area contributed by atoms with E-state index in [1.807, 2.05) is 47.4 Å². The second-order valence-electron chi connectivity index (χ2n) is 5.09. The minimum absolute atomic E-state index is 0.0625. The van der Waals surface area contributed by atoms with Crippen LogP contribution in [0.4, 0.5) is 5.69 Å². The lowest BCUT2D eigenvalue weighted by Gasteiger charge is -2.29. The molecule has 0 aromatic heterocycles. The van der Waals surface area contributed by atoms with Gasteiger partial charge in [-0.15, -0.1) is 0 Å². The van der Waals surface area contributed by atoms with Crippen molar-refractivity contribution in [1.29, 1.82) is 0 Å². The van der Waals surface area contributed by atoms with Crippen LogP contribution >= 0.6 is 0 Å². The third kappa shape index (κ3) is 2.32. The number of fused-ring (bicyclic) bond motifs is 1. The van der Waals surface area contributed by atoms with Crippen molar-refractivity contribution >= 4 is 11.6 Å². The number of carbonyl (C=O) groups is 1. The van der Waals surface area contributed by atoms with Crippen molar-refractivity contribution in [3.05, 3.63) is 65.2 Å². The molecule has 0 fully saturated rings. The fourth-order valence-corrected chi connectivity index (χ4v) is 2.73. The van der Waals surface area contributed by atoms with Crippen molar-refractivity contribution in [2.24, 2.45) is 5.73 Å². The number of amides is 1. The van der Waals surface area contributed by atoms with Gasteiger partial charge in [-0.05, 0) is 42.2 Å². The Morgan fingerprint density at radius 1 is 1.15 bits per heavy atom. The zero-order chi connectivity index (χ0) is 13.9. The molecule has 3 rings (SSSR count). The Morgan fingerprint density at radius 2 is 2.00 bits per heavy atom. The second-order valence-corrected chi connectivity index (χ2v) is 5.09. The summed E-state index contributed by atoms with van der Waals surface area (Å²) in [5.74, 6) is 0.0625. The highest BCUT2D eigenvalue weighted by molar-refractivity contribution is 6.06. The van der Waals surface area contributed by atoms with E-state index in [9.17, 15) is 4.79 Å². The van der Waals surface area contributed by atoms with E-state index in [4.69, 9.17) is 5.73 Å². The molecule has 3 heteroatoms. The van der Waals surface area contributed by atoms with Gasteiger partial charge in [0.25, 0.3) is 5.91 Å². The van der Waals surface area contributed by atoms with Crippen LogP contribution in [-0.2, 0) is 13.0 Å². The van der Waals surface area contributed by atoms with Gasteiger partial charge < -0.3 is 10.6 Å². The van der Waals surface area contributed by atoms with E-state index in [1.165, 1.54) is 5.56 Å². The molecule has 0 radical (unpaired) electrons. The summed E-state index contributed by atoms with van der Waals surface area (Å²) < 4.78 is 0. The van der Waals surface area contributed by atoms with Crippen molar-refractivity contribution in [1.82, 2.24) is 0 Å². The van der Waals surface area contributed by atoms with Crippen molar-refractivity contribution < 1.29 is 4.79 Å². The van der Waals surface area contributed by atoms with Gasteiger partial charge in [0.15, 0.2) is 0 Å². The van der Waals surface area contributed by atoms with Gasteiger partial charge in [0, 0.05) is 24.3 Å². The maximum atomic E-state index is 12.7. The summed E-state index contributed by atoms with van der Waals surface area (Å²) in [5, 5.41) is 0. The first-order chi connectivity index (χ1) is 9.79. The van der Waals surface area contributed by atoms with E-state index < -0.39 is 0 Å². The maximum absolute atomic E-state index is 12.7. The molecule has 1 amide bonds. The Hall–Kier alpha value is -2.13. The predicted molar refractivity (Wildman–Crippen MR) is 80.8 cm³/mol. The number of para-hydroxylation sites is 1. The smallest absolute Gasteiger partial charge is 0.258 e. The van der Waals surface area contributed by atoms with E-state index in [1.54, 1.807) is 0 Å². The highest BCUT2D eigenvalue weighted by Gasteiger charge is 2.23. The quantitative estimate of drug-likeness (QED) is 0.908. The van der Waals surface area contributed by atoms with Crippen LogP contribution in [0.3, 0.4) is 0 Å². The highest BCUT2D eigenvalue weighted by Crippen LogP contribution is 2.28. The average molecular weight is 266 g/mol. The van der Waals surface area contributed by atoms with Crippen molar-refractivity contribution in [2.45, 2.75) is 19.4 Å². The molecule has 0 atom stereocenters. The number of nitrogens with two attached hydrogens (primary N) is 1. The van der Waals surface area contributed by atoms with Crippen LogP contribution in [0.5, 0.6) is 0 Å². The zero-order valence-electron chi connectivity index (χ0n) is 11.4. The molecule has 0 saturated heterocycles.